The summed E-state index contributed by atoms with van der Waals surface area (Å²) in [4.78, 5) is -0.0221. The van der Waals surface area contributed by atoms with Crippen LogP contribution < -0.4 is 5.73 Å². The smallest absolute Gasteiger partial charge is 0.223 e. The zero-order valence-electron chi connectivity index (χ0n) is 9.88. The topological polar surface area (TPSA) is 83.6 Å². The predicted octanol–water partition coefficient (Wildman–Crippen LogP) is 0.0836. The molecular weight excluding hydrogens is 248 g/mol. The fraction of sp³-hybridized carbons (Fsp3) is 0.889. The molecular formula is C9H20N2O3S2. The molecule has 1 atom stereocenters. The van der Waals surface area contributed by atoms with Gasteiger partial charge in [-0.05, 0) is 20.3 Å². The Morgan fingerprint density at radius 1 is 1.50 bits per heavy atom. The molecule has 7 heteroatoms. The maximum Gasteiger partial charge on any atom is 0.223 e. The minimum atomic E-state index is -3.57. The molecule has 0 aliphatic carbocycles. The molecule has 5 nitrogen and oxygen atoms in total. The van der Waals surface area contributed by atoms with Crippen molar-refractivity contribution in [2.24, 2.45) is 5.73 Å². The van der Waals surface area contributed by atoms with E-state index in [1.807, 2.05) is 0 Å². The second kappa shape index (κ2) is 6.48. The Morgan fingerprint density at radius 3 is 2.25 bits per heavy atom. The van der Waals surface area contributed by atoms with Gasteiger partial charge in [0.05, 0.1) is 11.6 Å². The monoisotopic (exact) mass is 268 g/mol. The van der Waals surface area contributed by atoms with Crippen molar-refractivity contribution in [3.8, 4) is 0 Å². The van der Waals surface area contributed by atoms with E-state index in [2.05, 4.69) is 0 Å². The van der Waals surface area contributed by atoms with E-state index in [9.17, 15) is 8.42 Å². The van der Waals surface area contributed by atoms with Crippen molar-refractivity contribution >= 4 is 27.2 Å². The standard InChI is InChI=1S/C9H20N2O3S2/c1-4-8(9(10)15)16(13,14)11(5-6-12)7(2)3/h7-8,12H,4-6H2,1-3H3,(H2,10,15). The molecule has 0 aliphatic heterocycles. The minimum Gasteiger partial charge on any atom is -0.395 e. The molecule has 0 bridgehead atoms. The van der Waals surface area contributed by atoms with Gasteiger partial charge < -0.3 is 10.8 Å². The Morgan fingerprint density at radius 2 is 2.00 bits per heavy atom. The third kappa shape index (κ3) is 3.65. The molecule has 0 spiro atoms. The Hall–Kier alpha value is -0.240. The number of nitrogens with two attached hydrogens (primary N) is 1. The molecule has 0 aromatic carbocycles. The van der Waals surface area contributed by atoms with Crippen molar-refractivity contribution in [3.63, 3.8) is 0 Å². The Kier molecular flexibility index (Phi) is 6.39. The molecule has 0 aromatic heterocycles. The maximum absolute atomic E-state index is 12.2. The molecule has 0 saturated carbocycles. The van der Waals surface area contributed by atoms with E-state index in [0.29, 0.717) is 6.42 Å². The van der Waals surface area contributed by atoms with Crippen molar-refractivity contribution < 1.29 is 13.5 Å². The molecule has 1 unspecified atom stereocenters. The summed E-state index contributed by atoms with van der Waals surface area (Å²) < 4.78 is 25.6. The van der Waals surface area contributed by atoms with Crippen molar-refractivity contribution in [2.75, 3.05) is 13.2 Å². The van der Waals surface area contributed by atoms with E-state index in [-0.39, 0.29) is 24.2 Å². The molecule has 96 valence electrons. The van der Waals surface area contributed by atoms with Crippen LogP contribution in [0.2, 0.25) is 0 Å². The van der Waals surface area contributed by atoms with Gasteiger partial charge in [-0.3, -0.25) is 0 Å². The fourth-order valence-electron chi connectivity index (χ4n) is 1.50. The highest BCUT2D eigenvalue weighted by Crippen LogP contribution is 2.15. The number of hydrogen-bond acceptors (Lipinski definition) is 4. The first-order chi connectivity index (χ1) is 7.28. The van der Waals surface area contributed by atoms with E-state index < -0.39 is 15.3 Å². The van der Waals surface area contributed by atoms with Crippen molar-refractivity contribution in [3.05, 3.63) is 0 Å². The van der Waals surface area contributed by atoms with Gasteiger partial charge in [0.25, 0.3) is 0 Å². The summed E-state index contributed by atoms with van der Waals surface area (Å²) in [6.07, 6.45) is 0.340. The lowest BCUT2D eigenvalue weighted by Gasteiger charge is -2.29. The van der Waals surface area contributed by atoms with Crippen LogP contribution in [0.5, 0.6) is 0 Å². The van der Waals surface area contributed by atoms with Crippen molar-refractivity contribution in [1.82, 2.24) is 4.31 Å². The van der Waals surface area contributed by atoms with Gasteiger partial charge in [0, 0.05) is 12.6 Å². The lowest BCUT2D eigenvalue weighted by atomic mass is 10.3. The number of aliphatic hydroxyl groups is 1. The summed E-state index contributed by atoms with van der Waals surface area (Å²) in [5.41, 5.74) is 5.43. The highest BCUT2D eigenvalue weighted by Gasteiger charge is 2.33. The Balaban J connectivity index is 5.19. The van der Waals surface area contributed by atoms with Gasteiger partial charge in [-0.2, -0.15) is 4.31 Å². The molecule has 16 heavy (non-hydrogen) atoms. The van der Waals surface area contributed by atoms with Crippen LogP contribution >= 0.6 is 12.2 Å². The molecule has 0 radical (unpaired) electrons. The predicted molar refractivity (Wildman–Crippen MR) is 68.7 cm³/mol. The van der Waals surface area contributed by atoms with Gasteiger partial charge in [-0.1, -0.05) is 19.1 Å². The van der Waals surface area contributed by atoms with Crippen molar-refractivity contribution in [1.29, 1.82) is 0 Å². The lowest BCUT2D eigenvalue weighted by molar-refractivity contribution is 0.236. The van der Waals surface area contributed by atoms with Gasteiger partial charge in [0.1, 0.15) is 5.25 Å². The number of sulfonamides is 1. The number of aliphatic hydroxyl groups excluding tert-OH is 1. The third-order valence-electron chi connectivity index (χ3n) is 2.27. The van der Waals surface area contributed by atoms with Crippen LogP contribution in [0.15, 0.2) is 0 Å². The number of thiocarbonyl (C=S) groups is 1. The SMILES string of the molecule is CCC(C(N)=S)S(=O)(=O)N(CCO)C(C)C. The van der Waals surface area contributed by atoms with Crippen LogP contribution in [0.25, 0.3) is 0 Å². The molecule has 0 fully saturated rings. The first-order valence-electron chi connectivity index (χ1n) is 5.19. The van der Waals surface area contributed by atoms with E-state index in [0.717, 1.165) is 0 Å². The molecule has 0 aromatic rings. The van der Waals surface area contributed by atoms with Gasteiger partial charge in [0.15, 0.2) is 0 Å². The Labute approximate surface area is 103 Å². The number of hydrogen-bond donors (Lipinski definition) is 2. The zero-order chi connectivity index (χ0) is 12.9. The molecule has 0 rings (SSSR count). The molecule has 0 heterocycles. The van der Waals surface area contributed by atoms with Gasteiger partial charge in [0.2, 0.25) is 10.0 Å². The fourth-order valence-corrected chi connectivity index (χ4v) is 4.00. The first-order valence-corrected chi connectivity index (χ1v) is 7.11. The second-order valence-electron chi connectivity index (χ2n) is 3.77. The first kappa shape index (κ1) is 15.8. The zero-order valence-corrected chi connectivity index (χ0v) is 11.5. The highest BCUT2D eigenvalue weighted by molar-refractivity contribution is 7.92. The normalized spacial score (nSPS) is 14.4. The number of nitrogens with zero attached hydrogens (tertiary/aromatic N) is 1. The van der Waals surface area contributed by atoms with Gasteiger partial charge >= 0.3 is 0 Å². The van der Waals surface area contributed by atoms with Crippen LogP contribution in [-0.2, 0) is 10.0 Å². The average Bonchev–Trinajstić information content (AvgIpc) is 2.13. The summed E-state index contributed by atoms with van der Waals surface area (Å²) in [5.74, 6) is 0. The van der Waals surface area contributed by atoms with E-state index in [1.165, 1.54) is 4.31 Å². The largest absolute Gasteiger partial charge is 0.395 e. The summed E-state index contributed by atoms with van der Waals surface area (Å²) >= 11 is 4.76. The maximum atomic E-state index is 12.2. The molecule has 0 aliphatic rings. The van der Waals surface area contributed by atoms with Gasteiger partial charge in [-0.15, -0.1) is 0 Å². The van der Waals surface area contributed by atoms with Crippen molar-refractivity contribution in [2.45, 2.75) is 38.5 Å². The summed E-state index contributed by atoms with van der Waals surface area (Å²) in [6, 6.07) is -0.222. The molecule has 0 saturated heterocycles. The van der Waals surface area contributed by atoms with Crippen LogP contribution in [0.4, 0.5) is 0 Å². The Bertz CT molecular complexity index is 328. The quantitative estimate of drug-likeness (QED) is 0.639. The van der Waals surface area contributed by atoms with Crippen LogP contribution in [0, 0.1) is 0 Å². The van der Waals surface area contributed by atoms with E-state index in [4.69, 9.17) is 23.1 Å². The van der Waals surface area contributed by atoms with E-state index in [1.54, 1.807) is 20.8 Å². The van der Waals surface area contributed by atoms with Gasteiger partial charge in [-0.25, -0.2) is 8.42 Å². The molecule has 0 amide bonds. The van der Waals surface area contributed by atoms with Crippen LogP contribution in [0.3, 0.4) is 0 Å². The third-order valence-corrected chi connectivity index (χ3v) is 5.27. The summed E-state index contributed by atoms with van der Waals surface area (Å²) in [7, 11) is -3.57. The minimum absolute atomic E-state index is 0.0221. The lowest BCUT2D eigenvalue weighted by Crippen LogP contribution is -2.48. The molecule has 3 N–H and O–H groups in total. The summed E-state index contributed by atoms with van der Waals surface area (Å²) in [6.45, 7) is 5.07. The highest BCUT2D eigenvalue weighted by atomic mass is 32.2. The van der Waals surface area contributed by atoms with E-state index >= 15 is 0 Å². The van der Waals surface area contributed by atoms with Crippen LogP contribution in [0.1, 0.15) is 27.2 Å². The average molecular weight is 268 g/mol. The second-order valence-corrected chi connectivity index (χ2v) is 6.31. The number of rotatable bonds is 7. The summed E-state index contributed by atoms with van der Waals surface area (Å²) in [5, 5.41) is 8.02. The van der Waals surface area contributed by atoms with Crippen LogP contribution in [-0.4, -0.2) is 47.3 Å².